The van der Waals surface area contributed by atoms with Crippen molar-refractivity contribution in [1.82, 2.24) is 9.78 Å². The third-order valence-corrected chi connectivity index (χ3v) is 3.80. The average Bonchev–Trinajstić information content (AvgIpc) is 3.00. The van der Waals surface area contributed by atoms with E-state index in [1.54, 1.807) is 30.5 Å². The van der Waals surface area contributed by atoms with E-state index in [-0.39, 0.29) is 5.56 Å². The Labute approximate surface area is 128 Å². The summed E-state index contributed by atoms with van der Waals surface area (Å²) < 4.78 is 1.83. The van der Waals surface area contributed by atoms with Gasteiger partial charge in [-0.2, -0.15) is 5.10 Å². The van der Waals surface area contributed by atoms with Gasteiger partial charge in [-0.15, -0.1) is 0 Å². The van der Waals surface area contributed by atoms with Gasteiger partial charge >= 0.3 is 5.97 Å². The van der Waals surface area contributed by atoms with Crippen molar-refractivity contribution < 1.29 is 9.90 Å². The minimum Gasteiger partial charge on any atom is -0.478 e. The van der Waals surface area contributed by atoms with Crippen molar-refractivity contribution in [2.75, 3.05) is 0 Å². The summed E-state index contributed by atoms with van der Waals surface area (Å²) in [6.45, 7) is 4.16. The molecule has 110 valence electrons. The highest BCUT2D eigenvalue weighted by Gasteiger charge is 2.06. The maximum absolute atomic E-state index is 10.9. The molecule has 0 bridgehead atoms. The van der Waals surface area contributed by atoms with Crippen LogP contribution in [0.5, 0.6) is 0 Å². The summed E-state index contributed by atoms with van der Waals surface area (Å²) in [7, 11) is 0. The number of carbonyl (C=O) groups is 1. The molecule has 2 aromatic carbocycles. The molecular weight excluding hydrogens is 276 g/mol. The molecular formula is C18H16N2O2. The van der Waals surface area contributed by atoms with Crippen LogP contribution < -0.4 is 0 Å². The minimum absolute atomic E-state index is 0.283. The number of aromatic nitrogens is 2. The third-order valence-electron chi connectivity index (χ3n) is 3.80. The summed E-state index contributed by atoms with van der Waals surface area (Å²) in [5, 5.41) is 13.3. The molecule has 22 heavy (non-hydrogen) atoms. The van der Waals surface area contributed by atoms with Crippen molar-refractivity contribution in [3.05, 3.63) is 71.5 Å². The normalized spacial score (nSPS) is 10.6. The molecule has 0 saturated carbocycles. The maximum atomic E-state index is 10.9. The number of hydrogen-bond donors (Lipinski definition) is 1. The van der Waals surface area contributed by atoms with Crippen LogP contribution in [0.1, 0.15) is 21.5 Å². The monoisotopic (exact) mass is 292 g/mol. The lowest BCUT2D eigenvalue weighted by molar-refractivity contribution is 0.0697. The van der Waals surface area contributed by atoms with E-state index in [4.69, 9.17) is 5.11 Å². The zero-order valence-corrected chi connectivity index (χ0v) is 12.4. The molecule has 3 aromatic rings. The van der Waals surface area contributed by atoms with E-state index in [2.05, 4.69) is 31.1 Å². The third kappa shape index (κ3) is 2.63. The van der Waals surface area contributed by atoms with E-state index in [1.807, 2.05) is 16.9 Å². The van der Waals surface area contributed by atoms with E-state index in [9.17, 15) is 4.79 Å². The molecule has 0 aliphatic heterocycles. The Bertz CT molecular complexity index is 833. The Morgan fingerprint density at radius 1 is 1.00 bits per heavy atom. The molecule has 3 rings (SSSR count). The van der Waals surface area contributed by atoms with Crippen molar-refractivity contribution in [1.29, 1.82) is 0 Å². The summed E-state index contributed by atoms with van der Waals surface area (Å²) in [6.07, 6.45) is 3.73. The zero-order valence-electron chi connectivity index (χ0n) is 12.4. The van der Waals surface area contributed by atoms with Crippen LogP contribution in [0.15, 0.2) is 54.9 Å². The molecule has 1 N–H and O–H groups in total. The highest BCUT2D eigenvalue weighted by Crippen LogP contribution is 2.21. The molecule has 4 heteroatoms. The number of nitrogens with zero attached hydrogens (tertiary/aromatic N) is 2. The predicted molar refractivity (Wildman–Crippen MR) is 85.4 cm³/mol. The number of rotatable bonds is 3. The standard InChI is InChI=1S/C18H16N2O2/c1-12-3-8-17(9-13(12)2)20-11-16(10-19-20)14-4-6-15(7-5-14)18(21)22/h3-11H,1-2H3,(H,21,22). The van der Waals surface area contributed by atoms with Crippen LogP contribution in [0.25, 0.3) is 16.8 Å². The van der Waals surface area contributed by atoms with Crippen LogP contribution in [-0.4, -0.2) is 20.9 Å². The van der Waals surface area contributed by atoms with Gasteiger partial charge in [0.1, 0.15) is 0 Å². The predicted octanol–water partition coefficient (Wildman–Crippen LogP) is 3.85. The summed E-state index contributed by atoms with van der Waals surface area (Å²) in [4.78, 5) is 10.9. The van der Waals surface area contributed by atoms with Crippen molar-refractivity contribution in [3.63, 3.8) is 0 Å². The van der Waals surface area contributed by atoms with Crippen LogP contribution in [-0.2, 0) is 0 Å². The molecule has 0 radical (unpaired) electrons. The second kappa shape index (κ2) is 5.48. The van der Waals surface area contributed by atoms with Gasteiger partial charge in [0.2, 0.25) is 0 Å². The van der Waals surface area contributed by atoms with Crippen molar-refractivity contribution in [3.8, 4) is 16.8 Å². The second-order valence-electron chi connectivity index (χ2n) is 5.32. The molecule has 1 heterocycles. The van der Waals surface area contributed by atoms with Crippen LogP contribution in [0.3, 0.4) is 0 Å². The van der Waals surface area contributed by atoms with E-state index >= 15 is 0 Å². The first-order valence-electron chi connectivity index (χ1n) is 7.00. The van der Waals surface area contributed by atoms with Crippen molar-refractivity contribution >= 4 is 5.97 Å². The van der Waals surface area contributed by atoms with E-state index < -0.39 is 5.97 Å². The first kappa shape index (κ1) is 14.1. The van der Waals surface area contributed by atoms with Gasteiger partial charge in [0.15, 0.2) is 0 Å². The highest BCUT2D eigenvalue weighted by atomic mass is 16.4. The number of benzene rings is 2. The summed E-state index contributed by atoms with van der Waals surface area (Å²) >= 11 is 0. The van der Waals surface area contributed by atoms with Crippen LogP contribution in [0.4, 0.5) is 0 Å². The molecule has 1 aromatic heterocycles. The van der Waals surface area contributed by atoms with E-state index in [0.29, 0.717) is 0 Å². The SMILES string of the molecule is Cc1ccc(-n2cc(-c3ccc(C(=O)O)cc3)cn2)cc1C. The van der Waals surface area contributed by atoms with Gasteiger partial charge in [-0.25, -0.2) is 9.48 Å². The largest absolute Gasteiger partial charge is 0.478 e. The van der Waals surface area contributed by atoms with Gasteiger partial charge in [0.05, 0.1) is 17.4 Å². The summed E-state index contributed by atoms with van der Waals surface area (Å²) in [5.41, 5.74) is 5.66. The average molecular weight is 292 g/mol. The highest BCUT2D eigenvalue weighted by molar-refractivity contribution is 5.88. The zero-order chi connectivity index (χ0) is 15.7. The van der Waals surface area contributed by atoms with Gasteiger partial charge in [0.25, 0.3) is 0 Å². The number of carboxylic acids is 1. The molecule has 0 atom stereocenters. The molecule has 0 amide bonds. The molecule has 0 aliphatic rings. The molecule has 0 unspecified atom stereocenters. The molecule has 0 spiro atoms. The lowest BCUT2D eigenvalue weighted by Gasteiger charge is -2.05. The molecule has 0 fully saturated rings. The quantitative estimate of drug-likeness (QED) is 0.797. The Morgan fingerprint density at radius 3 is 2.36 bits per heavy atom. The first-order valence-corrected chi connectivity index (χ1v) is 7.00. The fourth-order valence-electron chi connectivity index (χ4n) is 2.29. The Morgan fingerprint density at radius 2 is 1.73 bits per heavy atom. The molecule has 0 aliphatic carbocycles. The number of aromatic carboxylic acids is 1. The first-order chi connectivity index (χ1) is 10.5. The summed E-state index contributed by atoms with van der Waals surface area (Å²) in [6, 6.07) is 13.0. The Hall–Kier alpha value is -2.88. The Kier molecular flexibility index (Phi) is 3.51. The maximum Gasteiger partial charge on any atom is 0.335 e. The smallest absolute Gasteiger partial charge is 0.335 e. The number of aryl methyl sites for hydroxylation is 2. The van der Waals surface area contributed by atoms with Gasteiger partial charge in [-0.05, 0) is 54.8 Å². The topological polar surface area (TPSA) is 55.1 Å². The summed E-state index contributed by atoms with van der Waals surface area (Å²) in [5.74, 6) is -0.919. The van der Waals surface area contributed by atoms with Gasteiger partial charge in [-0.1, -0.05) is 18.2 Å². The van der Waals surface area contributed by atoms with Gasteiger partial charge in [-0.3, -0.25) is 0 Å². The second-order valence-corrected chi connectivity index (χ2v) is 5.32. The lowest BCUT2D eigenvalue weighted by Crippen LogP contribution is -1.95. The number of hydrogen-bond acceptors (Lipinski definition) is 2. The number of carboxylic acid groups (broad SMARTS) is 1. The van der Waals surface area contributed by atoms with E-state index in [0.717, 1.165) is 16.8 Å². The van der Waals surface area contributed by atoms with Crippen LogP contribution in [0, 0.1) is 13.8 Å². The van der Waals surface area contributed by atoms with Crippen LogP contribution in [0.2, 0.25) is 0 Å². The molecule has 0 saturated heterocycles. The van der Waals surface area contributed by atoms with E-state index in [1.165, 1.54) is 11.1 Å². The van der Waals surface area contributed by atoms with Crippen molar-refractivity contribution in [2.45, 2.75) is 13.8 Å². The van der Waals surface area contributed by atoms with Gasteiger partial charge in [0, 0.05) is 11.8 Å². The van der Waals surface area contributed by atoms with Crippen molar-refractivity contribution in [2.24, 2.45) is 0 Å². The van der Waals surface area contributed by atoms with Crippen LogP contribution >= 0.6 is 0 Å². The lowest BCUT2D eigenvalue weighted by atomic mass is 10.1. The fourth-order valence-corrected chi connectivity index (χ4v) is 2.29. The minimum atomic E-state index is -0.919. The molecule has 4 nitrogen and oxygen atoms in total. The fraction of sp³-hybridized carbons (Fsp3) is 0.111. The Balaban J connectivity index is 1.93. The van der Waals surface area contributed by atoms with Gasteiger partial charge < -0.3 is 5.11 Å².